The molecule has 3 aromatic rings. The van der Waals surface area contributed by atoms with Crippen LogP contribution in [0, 0.1) is 6.92 Å². The fraction of sp³-hybridized carbons (Fsp3) is 0.286. The van der Waals surface area contributed by atoms with Crippen molar-refractivity contribution >= 4 is 10.0 Å². The third-order valence-electron chi connectivity index (χ3n) is 4.52. The number of nitrogens with zero attached hydrogens (tertiary/aromatic N) is 1. The summed E-state index contributed by atoms with van der Waals surface area (Å²) in [6, 6.07) is 12.0. The molecule has 9 heteroatoms. The Morgan fingerprint density at radius 3 is 2.27 bits per heavy atom. The number of nitrogens with one attached hydrogen (secondary N) is 1. The largest absolute Gasteiger partial charge is 0.495 e. The summed E-state index contributed by atoms with van der Waals surface area (Å²) in [5.74, 6) is 1.94. The molecule has 0 spiro atoms. The average molecular weight is 432 g/mol. The van der Waals surface area contributed by atoms with E-state index in [0.717, 1.165) is 5.56 Å². The van der Waals surface area contributed by atoms with Crippen LogP contribution in [0.4, 0.5) is 0 Å². The highest BCUT2D eigenvalue weighted by Crippen LogP contribution is 2.30. The number of hydrogen-bond acceptors (Lipinski definition) is 7. The lowest BCUT2D eigenvalue weighted by atomic mass is 10.1. The normalized spacial score (nSPS) is 11.3. The molecule has 160 valence electrons. The number of methoxy groups -OCH3 is 3. The number of hydrogen-bond donors (Lipinski definition) is 1. The van der Waals surface area contributed by atoms with Gasteiger partial charge in [0.1, 0.15) is 10.6 Å². The van der Waals surface area contributed by atoms with E-state index in [2.05, 4.69) is 9.88 Å². The lowest BCUT2D eigenvalue weighted by molar-refractivity contribution is 0.354. The molecule has 0 fully saturated rings. The van der Waals surface area contributed by atoms with E-state index in [1.54, 1.807) is 45.4 Å². The van der Waals surface area contributed by atoms with Gasteiger partial charge in [0, 0.05) is 18.2 Å². The number of benzene rings is 2. The number of rotatable bonds is 9. The van der Waals surface area contributed by atoms with E-state index in [-0.39, 0.29) is 17.2 Å². The highest BCUT2D eigenvalue weighted by atomic mass is 32.2. The molecule has 0 saturated carbocycles. The van der Waals surface area contributed by atoms with Crippen LogP contribution in [0.5, 0.6) is 17.2 Å². The van der Waals surface area contributed by atoms with Gasteiger partial charge in [-0.15, -0.1) is 0 Å². The van der Waals surface area contributed by atoms with E-state index in [9.17, 15) is 8.42 Å². The minimum Gasteiger partial charge on any atom is -0.495 e. The lowest BCUT2D eigenvalue weighted by Crippen LogP contribution is -2.26. The second-order valence-electron chi connectivity index (χ2n) is 6.54. The predicted octanol–water partition coefficient (Wildman–Crippen LogP) is 3.20. The van der Waals surface area contributed by atoms with Gasteiger partial charge in [-0.1, -0.05) is 11.2 Å². The molecular formula is C21H24N2O6S. The Morgan fingerprint density at radius 2 is 1.63 bits per heavy atom. The molecule has 30 heavy (non-hydrogen) atoms. The van der Waals surface area contributed by atoms with Crippen LogP contribution in [0.15, 0.2) is 51.9 Å². The maximum Gasteiger partial charge on any atom is 0.244 e. The standard InChI is InChI=1S/C21H24N2O6S/c1-14-11-19(29-23-14)16-6-8-18(27-3)21(13-16)30(24,25)22-10-9-15-5-7-17(26-2)20(12-15)28-4/h5-8,11-13,22H,9-10H2,1-4H3. The summed E-state index contributed by atoms with van der Waals surface area (Å²) in [4.78, 5) is 0.0314. The van der Waals surface area contributed by atoms with Crippen LogP contribution in [0.25, 0.3) is 11.3 Å². The smallest absolute Gasteiger partial charge is 0.244 e. The van der Waals surface area contributed by atoms with Crippen LogP contribution in [0.1, 0.15) is 11.3 Å². The molecule has 0 saturated heterocycles. The van der Waals surface area contributed by atoms with E-state index < -0.39 is 10.0 Å². The summed E-state index contributed by atoms with van der Waals surface area (Å²) < 4.78 is 49.5. The first-order chi connectivity index (χ1) is 14.4. The fourth-order valence-corrected chi connectivity index (χ4v) is 4.21. The van der Waals surface area contributed by atoms with Crippen molar-refractivity contribution in [1.82, 2.24) is 9.88 Å². The molecule has 0 bridgehead atoms. The molecule has 0 amide bonds. The van der Waals surface area contributed by atoms with Crippen LogP contribution < -0.4 is 18.9 Å². The van der Waals surface area contributed by atoms with Gasteiger partial charge < -0.3 is 18.7 Å². The lowest BCUT2D eigenvalue weighted by Gasteiger charge is -2.13. The minimum atomic E-state index is -3.82. The topological polar surface area (TPSA) is 99.9 Å². The van der Waals surface area contributed by atoms with Gasteiger partial charge in [0.15, 0.2) is 17.3 Å². The van der Waals surface area contributed by atoms with Crippen molar-refractivity contribution in [2.24, 2.45) is 0 Å². The van der Waals surface area contributed by atoms with E-state index >= 15 is 0 Å². The van der Waals surface area contributed by atoms with E-state index in [1.165, 1.54) is 13.2 Å². The Morgan fingerprint density at radius 1 is 0.933 bits per heavy atom. The molecule has 0 unspecified atom stereocenters. The van der Waals surface area contributed by atoms with Crippen LogP contribution in [-0.2, 0) is 16.4 Å². The third kappa shape index (κ3) is 4.74. The summed E-state index contributed by atoms with van der Waals surface area (Å²) >= 11 is 0. The number of sulfonamides is 1. The van der Waals surface area contributed by atoms with Crippen molar-refractivity contribution in [2.75, 3.05) is 27.9 Å². The molecule has 1 N–H and O–H groups in total. The van der Waals surface area contributed by atoms with Crippen LogP contribution >= 0.6 is 0 Å². The Hall–Kier alpha value is -3.04. The van der Waals surface area contributed by atoms with Crippen molar-refractivity contribution in [2.45, 2.75) is 18.2 Å². The first kappa shape index (κ1) is 21.7. The Kier molecular flexibility index (Phi) is 6.63. The summed E-state index contributed by atoms with van der Waals surface area (Å²) in [6.45, 7) is 2.00. The molecular weight excluding hydrogens is 408 g/mol. The van der Waals surface area contributed by atoms with Crippen molar-refractivity contribution in [3.05, 3.63) is 53.7 Å². The molecule has 8 nitrogen and oxygen atoms in total. The third-order valence-corrected chi connectivity index (χ3v) is 6.00. The van der Waals surface area contributed by atoms with Gasteiger partial charge in [0.25, 0.3) is 0 Å². The van der Waals surface area contributed by atoms with E-state index in [0.29, 0.717) is 34.9 Å². The quantitative estimate of drug-likeness (QED) is 0.554. The van der Waals surface area contributed by atoms with Crippen molar-refractivity contribution < 1.29 is 27.2 Å². The number of aryl methyl sites for hydroxylation is 1. The van der Waals surface area contributed by atoms with Gasteiger partial charge in [-0.2, -0.15) is 0 Å². The molecule has 1 aromatic heterocycles. The second kappa shape index (κ2) is 9.19. The summed E-state index contributed by atoms with van der Waals surface area (Å²) in [7, 11) is 0.726. The molecule has 0 radical (unpaired) electrons. The van der Waals surface area contributed by atoms with Crippen molar-refractivity contribution in [3.63, 3.8) is 0 Å². The molecule has 2 aromatic carbocycles. The van der Waals surface area contributed by atoms with Gasteiger partial charge in [-0.3, -0.25) is 0 Å². The minimum absolute atomic E-state index is 0.0314. The maximum atomic E-state index is 12.9. The highest BCUT2D eigenvalue weighted by Gasteiger charge is 2.21. The zero-order valence-corrected chi connectivity index (χ0v) is 18.1. The highest BCUT2D eigenvalue weighted by molar-refractivity contribution is 7.89. The Labute approximate surface area is 175 Å². The number of aromatic nitrogens is 1. The molecule has 3 rings (SSSR count). The monoisotopic (exact) mass is 432 g/mol. The predicted molar refractivity (Wildman–Crippen MR) is 112 cm³/mol. The van der Waals surface area contributed by atoms with Crippen molar-refractivity contribution in [3.8, 4) is 28.6 Å². The Balaban J connectivity index is 1.78. The molecule has 0 atom stereocenters. The SMILES string of the molecule is COc1ccc(CCNS(=O)(=O)c2cc(-c3cc(C)no3)ccc2OC)cc1OC. The molecule has 0 aliphatic heterocycles. The van der Waals surface area contributed by atoms with Crippen LogP contribution in [0.2, 0.25) is 0 Å². The fourth-order valence-electron chi connectivity index (χ4n) is 2.98. The Bertz CT molecular complexity index is 1120. The maximum absolute atomic E-state index is 12.9. The van der Waals surface area contributed by atoms with Gasteiger partial charge in [-0.25, -0.2) is 13.1 Å². The van der Waals surface area contributed by atoms with E-state index in [4.69, 9.17) is 18.7 Å². The average Bonchev–Trinajstić information content (AvgIpc) is 3.19. The molecule has 0 aliphatic rings. The van der Waals surface area contributed by atoms with Gasteiger partial charge in [0.2, 0.25) is 10.0 Å². The van der Waals surface area contributed by atoms with Crippen LogP contribution in [0.3, 0.4) is 0 Å². The number of ether oxygens (including phenoxy) is 3. The van der Waals surface area contributed by atoms with Gasteiger partial charge in [0.05, 0.1) is 27.0 Å². The molecule has 1 heterocycles. The molecule has 0 aliphatic carbocycles. The zero-order valence-electron chi connectivity index (χ0n) is 17.3. The van der Waals surface area contributed by atoms with Crippen LogP contribution in [-0.4, -0.2) is 41.4 Å². The summed E-state index contributed by atoms with van der Waals surface area (Å²) in [6.07, 6.45) is 0.475. The second-order valence-corrected chi connectivity index (χ2v) is 8.27. The van der Waals surface area contributed by atoms with Gasteiger partial charge in [-0.05, 0) is 49.2 Å². The summed E-state index contributed by atoms with van der Waals surface area (Å²) in [5.41, 5.74) is 2.21. The summed E-state index contributed by atoms with van der Waals surface area (Å²) in [5, 5.41) is 3.85. The zero-order chi connectivity index (χ0) is 21.7. The van der Waals surface area contributed by atoms with E-state index in [1.807, 2.05) is 12.1 Å². The van der Waals surface area contributed by atoms with Crippen molar-refractivity contribution in [1.29, 1.82) is 0 Å². The van der Waals surface area contributed by atoms with Gasteiger partial charge >= 0.3 is 0 Å². The first-order valence-electron chi connectivity index (χ1n) is 9.20. The first-order valence-corrected chi connectivity index (χ1v) is 10.7.